The Balaban J connectivity index is 1.76. The molecular formula is C9H15N3S3. The molecular weight excluding hydrogens is 246 g/mol. The molecule has 6 heteroatoms. The average molecular weight is 261 g/mol. The molecule has 0 spiro atoms. The van der Waals surface area contributed by atoms with Gasteiger partial charge in [0.25, 0.3) is 0 Å². The van der Waals surface area contributed by atoms with E-state index in [2.05, 4.69) is 15.5 Å². The minimum Gasteiger partial charge on any atom is -0.313 e. The number of hydrogen-bond acceptors (Lipinski definition) is 6. The van der Waals surface area contributed by atoms with E-state index in [4.69, 9.17) is 0 Å². The fourth-order valence-corrected chi connectivity index (χ4v) is 4.14. The Morgan fingerprint density at radius 2 is 2.27 bits per heavy atom. The van der Waals surface area contributed by atoms with Crippen molar-refractivity contribution >= 4 is 34.9 Å². The van der Waals surface area contributed by atoms with Crippen LogP contribution in [-0.4, -0.2) is 34.8 Å². The molecule has 1 saturated heterocycles. The Labute approximate surface area is 103 Å². The van der Waals surface area contributed by atoms with Gasteiger partial charge in [-0.1, -0.05) is 41.3 Å². The second kappa shape index (κ2) is 6.08. The van der Waals surface area contributed by atoms with Gasteiger partial charge in [-0.2, -0.15) is 0 Å². The molecule has 1 fully saturated rings. The summed E-state index contributed by atoms with van der Waals surface area (Å²) in [5.74, 6) is 1.13. The molecule has 2 heterocycles. The van der Waals surface area contributed by atoms with Gasteiger partial charge in [0, 0.05) is 11.8 Å². The highest BCUT2D eigenvalue weighted by Gasteiger charge is 2.13. The summed E-state index contributed by atoms with van der Waals surface area (Å²) >= 11 is 5.20. The van der Waals surface area contributed by atoms with Gasteiger partial charge in [0.1, 0.15) is 0 Å². The Morgan fingerprint density at radius 1 is 1.40 bits per heavy atom. The molecule has 0 bridgehead atoms. The van der Waals surface area contributed by atoms with Crippen molar-refractivity contribution in [2.24, 2.45) is 0 Å². The fraction of sp³-hybridized carbons (Fsp3) is 0.778. The second-order valence-corrected chi connectivity index (χ2v) is 6.79. The highest BCUT2D eigenvalue weighted by atomic mass is 32.2. The van der Waals surface area contributed by atoms with Gasteiger partial charge < -0.3 is 5.32 Å². The molecule has 1 aromatic heterocycles. The van der Waals surface area contributed by atoms with Crippen molar-refractivity contribution in [3.8, 4) is 0 Å². The van der Waals surface area contributed by atoms with Crippen molar-refractivity contribution in [3.63, 3.8) is 0 Å². The predicted molar refractivity (Wildman–Crippen MR) is 68.1 cm³/mol. The lowest BCUT2D eigenvalue weighted by atomic mass is 10.1. The molecule has 1 atom stereocenters. The van der Waals surface area contributed by atoms with E-state index in [9.17, 15) is 0 Å². The van der Waals surface area contributed by atoms with Crippen LogP contribution in [0.15, 0.2) is 8.68 Å². The van der Waals surface area contributed by atoms with Crippen molar-refractivity contribution in [2.45, 2.75) is 34.0 Å². The molecule has 15 heavy (non-hydrogen) atoms. The number of nitrogens with one attached hydrogen (secondary N) is 1. The fourth-order valence-electron chi connectivity index (χ4n) is 1.58. The summed E-state index contributed by atoms with van der Waals surface area (Å²) in [6.07, 6.45) is 6.04. The number of piperidine rings is 1. The van der Waals surface area contributed by atoms with Crippen molar-refractivity contribution in [3.05, 3.63) is 0 Å². The van der Waals surface area contributed by atoms with Gasteiger partial charge >= 0.3 is 0 Å². The van der Waals surface area contributed by atoms with Crippen LogP contribution in [0.25, 0.3) is 0 Å². The lowest BCUT2D eigenvalue weighted by Gasteiger charge is -2.22. The molecule has 0 saturated carbocycles. The molecule has 1 unspecified atom stereocenters. The molecule has 1 aliphatic heterocycles. The molecule has 84 valence electrons. The van der Waals surface area contributed by atoms with Crippen LogP contribution >= 0.6 is 34.9 Å². The SMILES string of the molecule is CSc1nnc(SCC2CCCCN2)s1. The number of hydrogen-bond donors (Lipinski definition) is 1. The van der Waals surface area contributed by atoms with Crippen LogP contribution in [0, 0.1) is 0 Å². The highest BCUT2D eigenvalue weighted by Crippen LogP contribution is 2.28. The lowest BCUT2D eigenvalue weighted by molar-refractivity contribution is 0.430. The molecule has 0 radical (unpaired) electrons. The standard InChI is InChI=1S/C9H15N3S3/c1-13-8-11-12-9(15-8)14-6-7-4-2-3-5-10-7/h7,10H,2-6H2,1H3. The van der Waals surface area contributed by atoms with E-state index in [0.717, 1.165) is 14.4 Å². The first kappa shape index (κ1) is 11.7. The summed E-state index contributed by atoms with van der Waals surface area (Å²) in [4.78, 5) is 0. The Morgan fingerprint density at radius 3 is 2.93 bits per heavy atom. The topological polar surface area (TPSA) is 37.8 Å². The van der Waals surface area contributed by atoms with Crippen LogP contribution in [0.5, 0.6) is 0 Å². The average Bonchev–Trinajstić information content (AvgIpc) is 2.76. The van der Waals surface area contributed by atoms with Crippen LogP contribution < -0.4 is 5.32 Å². The first-order valence-electron chi connectivity index (χ1n) is 5.12. The first-order valence-corrected chi connectivity index (χ1v) is 8.15. The molecule has 0 amide bonds. The second-order valence-electron chi connectivity index (χ2n) is 3.50. The third kappa shape index (κ3) is 3.62. The quantitative estimate of drug-likeness (QED) is 0.843. The highest BCUT2D eigenvalue weighted by molar-refractivity contribution is 8.03. The van der Waals surface area contributed by atoms with Crippen molar-refractivity contribution in [1.29, 1.82) is 0 Å². The van der Waals surface area contributed by atoms with Gasteiger partial charge in [-0.15, -0.1) is 10.2 Å². The molecule has 3 nitrogen and oxygen atoms in total. The predicted octanol–water partition coefficient (Wildman–Crippen LogP) is 2.49. The minimum atomic E-state index is 0.672. The van der Waals surface area contributed by atoms with Gasteiger partial charge in [0.2, 0.25) is 0 Å². The Kier molecular flexibility index (Phi) is 4.74. The van der Waals surface area contributed by atoms with Gasteiger partial charge in [-0.3, -0.25) is 0 Å². The molecule has 1 aliphatic rings. The maximum atomic E-state index is 4.15. The summed E-state index contributed by atoms with van der Waals surface area (Å²) in [5.41, 5.74) is 0. The third-order valence-corrected chi connectivity index (χ3v) is 5.58. The van der Waals surface area contributed by atoms with E-state index in [0.29, 0.717) is 6.04 Å². The van der Waals surface area contributed by atoms with Gasteiger partial charge in [-0.25, -0.2) is 0 Å². The monoisotopic (exact) mass is 261 g/mol. The zero-order valence-corrected chi connectivity index (χ0v) is 11.2. The number of thioether (sulfide) groups is 2. The van der Waals surface area contributed by atoms with Crippen molar-refractivity contribution in [2.75, 3.05) is 18.6 Å². The number of rotatable bonds is 4. The van der Waals surface area contributed by atoms with E-state index in [1.165, 1.54) is 25.8 Å². The van der Waals surface area contributed by atoms with Gasteiger partial charge in [0.15, 0.2) is 8.68 Å². The summed E-state index contributed by atoms with van der Waals surface area (Å²) in [6.45, 7) is 1.18. The van der Waals surface area contributed by atoms with Crippen LogP contribution in [0.2, 0.25) is 0 Å². The van der Waals surface area contributed by atoms with E-state index < -0.39 is 0 Å². The lowest BCUT2D eigenvalue weighted by Crippen LogP contribution is -2.35. The van der Waals surface area contributed by atoms with Crippen LogP contribution in [0.1, 0.15) is 19.3 Å². The maximum absolute atomic E-state index is 4.15. The molecule has 1 aromatic rings. The number of aromatic nitrogens is 2. The zero-order valence-electron chi connectivity index (χ0n) is 8.73. The van der Waals surface area contributed by atoms with E-state index in [1.54, 1.807) is 23.1 Å². The van der Waals surface area contributed by atoms with E-state index >= 15 is 0 Å². The zero-order chi connectivity index (χ0) is 10.5. The molecule has 1 N–H and O–H groups in total. The summed E-state index contributed by atoms with van der Waals surface area (Å²) in [7, 11) is 0. The summed E-state index contributed by atoms with van der Waals surface area (Å²) < 4.78 is 2.17. The van der Waals surface area contributed by atoms with Crippen molar-refractivity contribution in [1.82, 2.24) is 15.5 Å². The Bertz CT molecular complexity index is 297. The molecule has 2 rings (SSSR count). The van der Waals surface area contributed by atoms with Gasteiger partial charge in [-0.05, 0) is 25.6 Å². The van der Waals surface area contributed by atoms with E-state index in [-0.39, 0.29) is 0 Å². The van der Waals surface area contributed by atoms with Crippen molar-refractivity contribution < 1.29 is 0 Å². The maximum Gasteiger partial charge on any atom is 0.175 e. The normalized spacial score (nSPS) is 21.8. The minimum absolute atomic E-state index is 0.672. The first-order chi connectivity index (χ1) is 7.38. The van der Waals surface area contributed by atoms with Crippen LogP contribution in [-0.2, 0) is 0 Å². The largest absolute Gasteiger partial charge is 0.313 e. The van der Waals surface area contributed by atoms with E-state index in [1.807, 2.05) is 18.0 Å². The van der Waals surface area contributed by atoms with Crippen LogP contribution in [0.3, 0.4) is 0 Å². The summed E-state index contributed by atoms with van der Waals surface area (Å²) in [6, 6.07) is 0.672. The number of nitrogens with zero attached hydrogens (tertiary/aromatic N) is 2. The van der Waals surface area contributed by atoms with Gasteiger partial charge in [0.05, 0.1) is 0 Å². The molecule has 0 aliphatic carbocycles. The van der Waals surface area contributed by atoms with Crippen LogP contribution in [0.4, 0.5) is 0 Å². The summed E-state index contributed by atoms with van der Waals surface area (Å²) in [5, 5.41) is 11.8. The molecule has 0 aromatic carbocycles. The smallest absolute Gasteiger partial charge is 0.175 e. The Hall–Kier alpha value is 0.220. The third-order valence-electron chi connectivity index (χ3n) is 2.38.